The van der Waals surface area contributed by atoms with Crippen LogP contribution < -0.4 is 9.50 Å². The third kappa shape index (κ3) is 7.46. The van der Waals surface area contributed by atoms with Crippen molar-refractivity contribution in [2.75, 3.05) is 25.6 Å². The Hall–Kier alpha value is -3.57. The van der Waals surface area contributed by atoms with E-state index in [9.17, 15) is 26.4 Å². The highest BCUT2D eigenvalue weighted by atomic mass is 32.2. The van der Waals surface area contributed by atoms with Gasteiger partial charge in [0.15, 0.2) is 0 Å². The lowest BCUT2D eigenvalue weighted by atomic mass is 10.1. The van der Waals surface area contributed by atoms with Crippen LogP contribution in [0.3, 0.4) is 0 Å². The summed E-state index contributed by atoms with van der Waals surface area (Å²) in [5.74, 6) is -0.0792. The summed E-state index contributed by atoms with van der Waals surface area (Å²) in [6.07, 6.45) is -4.69. The van der Waals surface area contributed by atoms with Crippen LogP contribution in [-0.4, -0.2) is 39.6 Å². The highest BCUT2D eigenvalue weighted by molar-refractivity contribution is 7.87. The van der Waals surface area contributed by atoms with Gasteiger partial charge in [0.1, 0.15) is 10.6 Å². The van der Waals surface area contributed by atoms with Gasteiger partial charge in [0.2, 0.25) is 0 Å². The van der Waals surface area contributed by atoms with E-state index in [0.29, 0.717) is 30.5 Å². The average molecular weight is 537 g/mol. The molecule has 0 unspecified atom stereocenters. The lowest BCUT2D eigenvalue weighted by molar-refractivity contribution is -0.137. The molecule has 0 aliphatic carbocycles. The highest BCUT2D eigenvalue weighted by Crippen LogP contribution is 2.31. The fourth-order valence-electron chi connectivity index (χ4n) is 3.41. The van der Waals surface area contributed by atoms with Crippen LogP contribution in [0.1, 0.15) is 22.3 Å². The zero-order valence-electron chi connectivity index (χ0n) is 20.5. The van der Waals surface area contributed by atoms with Gasteiger partial charge in [-0.05, 0) is 66.9 Å². The molecule has 1 N–H and O–H groups in total. The van der Waals surface area contributed by atoms with Crippen molar-refractivity contribution in [1.29, 1.82) is 0 Å². The van der Waals surface area contributed by atoms with Crippen LogP contribution in [0.15, 0.2) is 71.6 Å². The molecule has 0 saturated carbocycles. The number of benzene rings is 3. The molecule has 198 valence electrons. The Morgan fingerprint density at radius 2 is 1.68 bits per heavy atom. The lowest BCUT2D eigenvalue weighted by Gasteiger charge is -2.24. The molecule has 0 aliphatic heterocycles. The fraction of sp³-hybridized carbons (Fsp3) is 0.269. The average Bonchev–Trinajstić information content (AvgIpc) is 2.85. The van der Waals surface area contributed by atoms with Gasteiger partial charge in [0, 0.05) is 25.9 Å². The van der Waals surface area contributed by atoms with Gasteiger partial charge in [-0.2, -0.15) is 21.6 Å². The number of hydrogen-bond acceptors (Lipinski definition) is 5. The molecule has 11 heteroatoms. The van der Waals surface area contributed by atoms with Crippen molar-refractivity contribution in [3.05, 3.63) is 89.0 Å². The molecule has 3 rings (SSSR count). The van der Waals surface area contributed by atoms with E-state index in [0.717, 1.165) is 29.3 Å². The van der Waals surface area contributed by atoms with Crippen LogP contribution in [-0.2, 0) is 27.6 Å². The molecule has 0 fully saturated rings. The number of aryl methyl sites for hydroxylation is 1. The predicted molar refractivity (Wildman–Crippen MR) is 133 cm³/mol. The van der Waals surface area contributed by atoms with E-state index in [4.69, 9.17) is 8.92 Å². The number of rotatable bonds is 9. The molecular formula is C26H27F3N2O5S. The molecule has 0 heterocycles. The summed E-state index contributed by atoms with van der Waals surface area (Å²) in [5.41, 5.74) is 2.26. The number of carbonyl (C=O) groups is 1. The maximum absolute atomic E-state index is 13.0. The number of ether oxygens (including phenoxy) is 1. The highest BCUT2D eigenvalue weighted by Gasteiger charge is 2.32. The summed E-state index contributed by atoms with van der Waals surface area (Å²) >= 11 is 0. The summed E-state index contributed by atoms with van der Waals surface area (Å²) in [7, 11) is -2.97. The SMILES string of the molecule is COCCN(Cc1ccc(OS(=O)(=O)c2cccc(C(F)(F)F)c2)cc1)C(=O)Nc1cccc(C)c1C. The normalized spacial score (nSPS) is 11.7. The summed E-state index contributed by atoms with van der Waals surface area (Å²) in [6.45, 7) is 4.66. The molecule has 0 aromatic heterocycles. The molecule has 0 bridgehead atoms. The number of nitrogens with one attached hydrogen (secondary N) is 1. The van der Waals surface area contributed by atoms with E-state index in [1.807, 2.05) is 32.0 Å². The van der Waals surface area contributed by atoms with E-state index in [1.165, 1.54) is 19.2 Å². The third-order valence-electron chi connectivity index (χ3n) is 5.65. The molecular weight excluding hydrogens is 509 g/mol. The van der Waals surface area contributed by atoms with Gasteiger partial charge in [0.25, 0.3) is 0 Å². The Labute approximate surface area is 213 Å². The molecule has 37 heavy (non-hydrogen) atoms. The van der Waals surface area contributed by atoms with Gasteiger partial charge in [-0.25, -0.2) is 4.79 Å². The molecule has 3 aromatic rings. The van der Waals surface area contributed by atoms with Crippen LogP contribution in [0.5, 0.6) is 5.75 Å². The summed E-state index contributed by atoms with van der Waals surface area (Å²) in [6, 6.07) is 14.5. The quantitative estimate of drug-likeness (QED) is 0.351. The van der Waals surface area contributed by atoms with Crippen LogP contribution >= 0.6 is 0 Å². The standard InChI is InChI=1S/C26H27F3N2O5S/c1-18-6-4-9-24(19(18)2)30-25(32)31(14-15-35-3)17-20-10-12-22(13-11-20)36-37(33,34)23-8-5-7-21(16-23)26(27,28)29/h4-13,16H,14-15,17H2,1-3H3,(H,30,32). The molecule has 0 saturated heterocycles. The zero-order valence-corrected chi connectivity index (χ0v) is 21.3. The van der Waals surface area contributed by atoms with Gasteiger partial charge in [-0.15, -0.1) is 0 Å². The van der Waals surface area contributed by atoms with Gasteiger partial charge < -0.3 is 19.1 Å². The van der Waals surface area contributed by atoms with Crippen LogP contribution in [0, 0.1) is 13.8 Å². The number of carbonyl (C=O) groups excluding carboxylic acids is 1. The minimum Gasteiger partial charge on any atom is -0.383 e. The van der Waals surface area contributed by atoms with Gasteiger partial charge >= 0.3 is 22.3 Å². The van der Waals surface area contributed by atoms with Crippen molar-refractivity contribution >= 4 is 21.8 Å². The van der Waals surface area contributed by atoms with Gasteiger partial charge in [-0.1, -0.05) is 30.3 Å². The van der Waals surface area contributed by atoms with Crippen molar-refractivity contribution in [3.8, 4) is 5.75 Å². The number of nitrogens with zero attached hydrogens (tertiary/aromatic N) is 1. The van der Waals surface area contributed by atoms with E-state index >= 15 is 0 Å². The van der Waals surface area contributed by atoms with Crippen molar-refractivity contribution in [3.63, 3.8) is 0 Å². The molecule has 0 aliphatic rings. The van der Waals surface area contributed by atoms with Crippen molar-refractivity contribution in [1.82, 2.24) is 4.90 Å². The smallest absolute Gasteiger partial charge is 0.383 e. The first-order valence-electron chi connectivity index (χ1n) is 11.2. The summed E-state index contributed by atoms with van der Waals surface area (Å²) < 4.78 is 74.0. The Morgan fingerprint density at radius 3 is 2.32 bits per heavy atom. The monoisotopic (exact) mass is 536 g/mol. The molecule has 2 amide bonds. The Morgan fingerprint density at radius 1 is 1.00 bits per heavy atom. The summed E-state index contributed by atoms with van der Waals surface area (Å²) in [4.78, 5) is 13.9. The number of methoxy groups -OCH3 is 1. The predicted octanol–water partition coefficient (Wildman–Crippen LogP) is 5.77. The second-order valence-corrected chi connectivity index (χ2v) is 9.85. The van der Waals surface area contributed by atoms with E-state index in [1.54, 1.807) is 17.0 Å². The van der Waals surface area contributed by atoms with Crippen LogP contribution in [0.25, 0.3) is 0 Å². The van der Waals surface area contributed by atoms with Gasteiger partial charge in [0.05, 0.1) is 12.2 Å². The number of hydrogen-bond donors (Lipinski definition) is 1. The maximum atomic E-state index is 13.0. The van der Waals surface area contributed by atoms with E-state index in [-0.39, 0.29) is 18.3 Å². The number of urea groups is 1. The third-order valence-corrected chi connectivity index (χ3v) is 6.89. The number of anilines is 1. The molecule has 3 aromatic carbocycles. The Bertz CT molecular complexity index is 1340. The van der Waals surface area contributed by atoms with Crippen LogP contribution in [0.4, 0.5) is 23.7 Å². The zero-order chi connectivity index (χ0) is 27.2. The minimum atomic E-state index is -4.69. The van der Waals surface area contributed by atoms with Crippen molar-refractivity contribution < 1.29 is 35.3 Å². The molecule has 0 spiro atoms. The van der Waals surface area contributed by atoms with E-state index in [2.05, 4.69) is 5.32 Å². The minimum absolute atomic E-state index is 0.0792. The number of alkyl halides is 3. The fourth-order valence-corrected chi connectivity index (χ4v) is 4.39. The Kier molecular flexibility index (Phi) is 8.82. The molecule has 0 radical (unpaired) electrons. The number of amides is 2. The van der Waals surface area contributed by atoms with Crippen molar-refractivity contribution in [2.45, 2.75) is 31.5 Å². The van der Waals surface area contributed by atoms with Gasteiger partial charge in [-0.3, -0.25) is 0 Å². The van der Waals surface area contributed by atoms with E-state index < -0.39 is 26.8 Å². The molecule has 0 atom stereocenters. The van der Waals surface area contributed by atoms with Crippen molar-refractivity contribution in [2.24, 2.45) is 0 Å². The maximum Gasteiger partial charge on any atom is 0.416 e. The topological polar surface area (TPSA) is 84.9 Å². The first-order valence-corrected chi connectivity index (χ1v) is 12.6. The second-order valence-electron chi connectivity index (χ2n) is 8.30. The second kappa shape index (κ2) is 11.7. The van der Waals surface area contributed by atoms with Crippen LogP contribution in [0.2, 0.25) is 0 Å². The lowest BCUT2D eigenvalue weighted by Crippen LogP contribution is -2.37. The molecule has 7 nitrogen and oxygen atoms in total. The first kappa shape index (κ1) is 28.0. The number of halogens is 3. The summed E-state index contributed by atoms with van der Waals surface area (Å²) in [5, 5.41) is 2.90. The first-order chi connectivity index (χ1) is 17.4. The Balaban J connectivity index is 1.72. The largest absolute Gasteiger partial charge is 0.416 e.